The Bertz CT molecular complexity index is 796. The first-order valence-corrected chi connectivity index (χ1v) is 6.62. The normalized spacial score (nSPS) is 10.6. The van der Waals surface area contributed by atoms with Crippen LogP contribution in [0.4, 0.5) is 11.4 Å². The molecule has 0 unspecified atom stereocenters. The molecular formula is C15H12ClN3O2. The maximum absolute atomic E-state index is 11.9. The Kier molecular flexibility index (Phi) is 3.51. The van der Waals surface area contributed by atoms with E-state index in [0.29, 0.717) is 16.3 Å². The lowest BCUT2D eigenvalue weighted by Crippen LogP contribution is -2.30. The maximum atomic E-state index is 11.9. The molecule has 0 atom stereocenters. The number of hydrazine groups is 1. The zero-order valence-corrected chi connectivity index (χ0v) is 11.6. The van der Waals surface area contributed by atoms with E-state index in [0.717, 1.165) is 11.1 Å². The van der Waals surface area contributed by atoms with E-state index in [2.05, 4.69) is 10.7 Å². The van der Waals surface area contributed by atoms with Crippen LogP contribution in [0.1, 0.15) is 10.6 Å². The molecule has 4 N–H and O–H groups in total. The van der Waals surface area contributed by atoms with Gasteiger partial charge in [0.1, 0.15) is 5.58 Å². The first kappa shape index (κ1) is 13.5. The van der Waals surface area contributed by atoms with Crippen molar-refractivity contribution in [1.82, 2.24) is 5.43 Å². The number of anilines is 2. The van der Waals surface area contributed by atoms with Gasteiger partial charge in [-0.1, -0.05) is 23.7 Å². The summed E-state index contributed by atoms with van der Waals surface area (Å²) in [7, 11) is 0. The number of nitrogens with one attached hydrogen (secondary N) is 2. The molecule has 21 heavy (non-hydrogen) atoms. The molecule has 0 radical (unpaired) electrons. The number of hydrogen-bond donors (Lipinski definition) is 3. The average molecular weight is 302 g/mol. The number of carbonyl (C=O) groups is 1. The number of nitrogens with two attached hydrogens (primary N) is 1. The largest absolute Gasteiger partial charge is 0.449 e. The Balaban J connectivity index is 2.10. The molecule has 0 aliphatic carbocycles. The Morgan fingerprint density at radius 1 is 1.10 bits per heavy atom. The lowest BCUT2D eigenvalue weighted by molar-refractivity contribution is 0.0929. The van der Waals surface area contributed by atoms with Crippen molar-refractivity contribution in [2.75, 3.05) is 5.32 Å². The minimum absolute atomic E-state index is 0.133. The third-order valence-electron chi connectivity index (χ3n) is 3.05. The second kappa shape index (κ2) is 5.47. The number of halogens is 1. The van der Waals surface area contributed by atoms with E-state index in [1.165, 1.54) is 0 Å². The second-order valence-electron chi connectivity index (χ2n) is 4.41. The molecule has 1 amide bonds. The van der Waals surface area contributed by atoms with Crippen LogP contribution >= 0.6 is 11.6 Å². The molecule has 1 aromatic heterocycles. The Hall–Kier alpha value is -2.50. The van der Waals surface area contributed by atoms with Gasteiger partial charge in [-0.3, -0.25) is 10.2 Å². The summed E-state index contributed by atoms with van der Waals surface area (Å²) in [5.41, 5.74) is 4.04. The number of furan rings is 1. The fourth-order valence-corrected chi connectivity index (χ4v) is 2.20. The molecule has 0 saturated heterocycles. The van der Waals surface area contributed by atoms with Crippen LogP contribution in [0.25, 0.3) is 11.0 Å². The van der Waals surface area contributed by atoms with Crippen molar-refractivity contribution in [3.05, 3.63) is 59.3 Å². The summed E-state index contributed by atoms with van der Waals surface area (Å²) in [6.45, 7) is 0. The van der Waals surface area contributed by atoms with Crippen LogP contribution in [-0.2, 0) is 0 Å². The Labute approximate surface area is 125 Å². The highest BCUT2D eigenvalue weighted by atomic mass is 35.5. The van der Waals surface area contributed by atoms with Crippen molar-refractivity contribution in [1.29, 1.82) is 0 Å². The van der Waals surface area contributed by atoms with Crippen LogP contribution < -0.4 is 16.6 Å². The molecular weight excluding hydrogens is 290 g/mol. The molecule has 6 heteroatoms. The zero-order valence-electron chi connectivity index (χ0n) is 10.9. The van der Waals surface area contributed by atoms with Crippen molar-refractivity contribution >= 4 is 39.9 Å². The van der Waals surface area contributed by atoms with E-state index in [9.17, 15) is 4.79 Å². The predicted molar refractivity (Wildman–Crippen MR) is 82.6 cm³/mol. The SMILES string of the molecule is NNC(=O)c1oc2ccccc2c1Nc1ccc(Cl)cc1. The van der Waals surface area contributed by atoms with Gasteiger partial charge >= 0.3 is 5.91 Å². The first-order valence-electron chi connectivity index (χ1n) is 6.24. The molecule has 0 bridgehead atoms. The number of para-hydroxylation sites is 1. The molecule has 0 fully saturated rings. The number of rotatable bonds is 3. The molecule has 2 aromatic carbocycles. The van der Waals surface area contributed by atoms with Gasteiger partial charge in [-0.15, -0.1) is 0 Å². The monoisotopic (exact) mass is 301 g/mol. The zero-order chi connectivity index (χ0) is 14.8. The highest BCUT2D eigenvalue weighted by Gasteiger charge is 2.19. The van der Waals surface area contributed by atoms with Gasteiger partial charge in [-0.25, -0.2) is 5.84 Å². The highest BCUT2D eigenvalue weighted by Crippen LogP contribution is 2.33. The van der Waals surface area contributed by atoms with Crippen molar-refractivity contribution in [3.8, 4) is 0 Å². The fourth-order valence-electron chi connectivity index (χ4n) is 2.07. The van der Waals surface area contributed by atoms with Crippen LogP contribution in [0, 0.1) is 0 Å². The molecule has 3 aromatic rings. The van der Waals surface area contributed by atoms with Gasteiger partial charge < -0.3 is 9.73 Å². The molecule has 5 nitrogen and oxygen atoms in total. The van der Waals surface area contributed by atoms with E-state index in [1.54, 1.807) is 18.2 Å². The van der Waals surface area contributed by atoms with Crippen LogP contribution in [-0.4, -0.2) is 5.91 Å². The minimum atomic E-state index is -0.498. The van der Waals surface area contributed by atoms with E-state index in [4.69, 9.17) is 21.9 Å². The third-order valence-corrected chi connectivity index (χ3v) is 3.30. The number of carbonyl (C=O) groups excluding carboxylic acids is 1. The summed E-state index contributed by atoms with van der Waals surface area (Å²) >= 11 is 5.87. The van der Waals surface area contributed by atoms with E-state index < -0.39 is 5.91 Å². The molecule has 0 aliphatic heterocycles. The number of amides is 1. The van der Waals surface area contributed by atoms with Gasteiger partial charge in [0.05, 0.1) is 5.69 Å². The average Bonchev–Trinajstić information content (AvgIpc) is 2.88. The number of benzene rings is 2. The highest BCUT2D eigenvalue weighted by molar-refractivity contribution is 6.30. The minimum Gasteiger partial charge on any atom is -0.449 e. The molecule has 0 saturated carbocycles. The van der Waals surface area contributed by atoms with Gasteiger partial charge in [0.2, 0.25) is 5.76 Å². The molecule has 3 rings (SSSR count). The molecule has 0 aliphatic rings. The van der Waals surface area contributed by atoms with Crippen molar-refractivity contribution in [3.63, 3.8) is 0 Å². The summed E-state index contributed by atoms with van der Waals surface area (Å²) in [5.74, 6) is 4.84. The summed E-state index contributed by atoms with van der Waals surface area (Å²) in [6.07, 6.45) is 0. The number of nitrogen functional groups attached to an aromatic ring is 1. The van der Waals surface area contributed by atoms with Crippen LogP contribution in [0.3, 0.4) is 0 Å². The van der Waals surface area contributed by atoms with Crippen LogP contribution in [0.5, 0.6) is 0 Å². The fraction of sp³-hybridized carbons (Fsp3) is 0. The standard InChI is InChI=1S/C15H12ClN3O2/c16-9-5-7-10(8-6-9)18-13-11-3-1-2-4-12(11)21-14(13)15(20)19-17/h1-8,18H,17H2,(H,19,20). The van der Waals surface area contributed by atoms with E-state index in [1.807, 2.05) is 30.3 Å². The lowest BCUT2D eigenvalue weighted by Gasteiger charge is -2.06. The quantitative estimate of drug-likeness (QED) is 0.393. The number of fused-ring (bicyclic) bond motifs is 1. The molecule has 1 heterocycles. The molecule has 106 valence electrons. The van der Waals surface area contributed by atoms with E-state index >= 15 is 0 Å². The number of hydrogen-bond acceptors (Lipinski definition) is 4. The lowest BCUT2D eigenvalue weighted by atomic mass is 10.2. The van der Waals surface area contributed by atoms with Gasteiger partial charge in [-0.2, -0.15) is 0 Å². The first-order chi connectivity index (χ1) is 10.2. The Morgan fingerprint density at radius 2 is 1.81 bits per heavy atom. The summed E-state index contributed by atoms with van der Waals surface area (Å²) in [4.78, 5) is 11.9. The second-order valence-corrected chi connectivity index (χ2v) is 4.84. The summed E-state index contributed by atoms with van der Waals surface area (Å²) < 4.78 is 5.57. The topological polar surface area (TPSA) is 80.3 Å². The summed E-state index contributed by atoms with van der Waals surface area (Å²) in [6, 6.07) is 14.5. The van der Waals surface area contributed by atoms with Gasteiger partial charge in [-0.05, 0) is 36.4 Å². The van der Waals surface area contributed by atoms with Crippen LogP contribution in [0.2, 0.25) is 5.02 Å². The Morgan fingerprint density at radius 3 is 2.52 bits per heavy atom. The third kappa shape index (κ3) is 2.56. The van der Waals surface area contributed by atoms with Crippen molar-refractivity contribution in [2.24, 2.45) is 5.84 Å². The summed E-state index contributed by atoms with van der Waals surface area (Å²) in [5, 5.41) is 4.60. The van der Waals surface area contributed by atoms with Crippen molar-refractivity contribution in [2.45, 2.75) is 0 Å². The molecule has 0 spiro atoms. The predicted octanol–water partition coefficient (Wildman–Crippen LogP) is 3.43. The smallest absolute Gasteiger partial charge is 0.303 e. The van der Waals surface area contributed by atoms with Gasteiger partial charge in [0.25, 0.3) is 0 Å². The van der Waals surface area contributed by atoms with Gasteiger partial charge in [0, 0.05) is 16.1 Å². The van der Waals surface area contributed by atoms with Crippen LogP contribution in [0.15, 0.2) is 52.9 Å². The van der Waals surface area contributed by atoms with Gasteiger partial charge in [0.15, 0.2) is 0 Å². The van der Waals surface area contributed by atoms with Crippen molar-refractivity contribution < 1.29 is 9.21 Å². The van der Waals surface area contributed by atoms with E-state index in [-0.39, 0.29) is 5.76 Å². The maximum Gasteiger partial charge on any atom is 0.303 e.